The molecule has 0 aromatic heterocycles. The van der Waals surface area contributed by atoms with E-state index < -0.39 is 11.5 Å². The van der Waals surface area contributed by atoms with Gasteiger partial charge in [-0.05, 0) is 41.0 Å². The molecule has 0 heterocycles. The molecule has 1 amide bonds. The van der Waals surface area contributed by atoms with Crippen LogP contribution in [-0.4, -0.2) is 22.3 Å². The lowest BCUT2D eigenvalue weighted by Crippen LogP contribution is -2.43. The summed E-state index contributed by atoms with van der Waals surface area (Å²) in [4.78, 5) is 12.8. The van der Waals surface area contributed by atoms with Gasteiger partial charge in [0.25, 0.3) is 5.91 Å². The lowest BCUT2D eigenvalue weighted by molar-refractivity contribution is -0.136. The quantitative estimate of drug-likeness (QED) is 0.491. The Hall–Kier alpha value is -3.44. The van der Waals surface area contributed by atoms with Gasteiger partial charge in [0, 0.05) is 0 Å². The summed E-state index contributed by atoms with van der Waals surface area (Å²) in [6.45, 7) is 0. The van der Waals surface area contributed by atoms with Crippen LogP contribution in [0.5, 0.6) is 5.75 Å². The normalized spacial score (nSPS) is 11.4. The van der Waals surface area contributed by atoms with Crippen molar-refractivity contribution in [3.8, 4) is 5.75 Å². The molecule has 0 aliphatic rings. The molecule has 3 N–H and O–H groups in total. The van der Waals surface area contributed by atoms with Crippen molar-refractivity contribution < 1.29 is 15.0 Å². The molecule has 0 spiro atoms. The van der Waals surface area contributed by atoms with Crippen molar-refractivity contribution in [2.45, 2.75) is 5.60 Å². The molecule has 0 saturated heterocycles. The summed E-state index contributed by atoms with van der Waals surface area (Å²) in [7, 11) is 0. The number of hydrazone groups is 1. The Kier molecular flexibility index (Phi) is 5.10. The maximum Gasteiger partial charge on any atom is 0.281 e. The molecule has 5 heteroatoms. The molecule has 3 aromatic rings. The molecule has 0 fully saturated rings. The van der Waals surface area contributed by atoms with Gasteiger partial charge in [0.15, 0.2) is 5.60 Å². The lowest BCUT2D eigenvalue weighted by Gasteiger charge is -2.27. The Labute approximate surface area is 151 Å². The molecule has 0 aliphatic heterocycles. The van der Waals surface area contributed by atoms with Crippen molar-refractivity contribution in [2.75, 3.05) is 0 Å². The number of hydrogen-bond donors (Lipinski definition) is 3. The number of amides is 1. The van der Waals surface area contributed by atoms with Crippen LogP contribution >= 0.6 is 0 Å². The fraction of sp³-hybridized carbons (Fsp3) is 0.0476. The van der Waals surface area contributed by atoms with Gasteiger partial charge in [-0.2, -0.15) is 5.10 Å². The largest absolute Gasteiger partial charge is 0.508 e. The third-order valence-corrected chi connectivity index (χ3v) is 3.98. The Bertz CT molecular complexity index is 852. The fourth-order valence-corrected chi connectivity index (χ4v) is 2.59. The van der Waals surface area contributed by atoms with Gasteiger partial charge in [0.2, 0.25) is 0 Å². The van der Waals surface area contributed by atoms with E-state index in [1.165, 1.54) is 18.3 Å². The van der Waals surface area contributed by atoms with Gasteiger partial charge in [-0.3, -0.25) is 4.79 Å². The van der Waals surface area contributed by atoms with Gasteiger partial charge in [-0.1, -0.05) is 60.7 Å². The van der Waals surface area contributed by atoms with Crippen LogP contribution in [0.15, 0.2) is 90.0 Å². The van der Waals surface area contributed by atoms with E-state index >= 15 is 0 Å². The number of rotatable bonds is 5. The van der Waals surface area contributed by atoms with Crippen molar-refractivity contribution in [1.29, 1.82) is 0 Å². The SMILES string of the molecule is O=C(N/N=C\c1ccc(O)cc1)C(O)(c1ccccc1)c1ccccc1. The molecular weight excluding hydrogens is 328 g/mol. The minimum absolute atomic E-state index is 0.147. The van der Waals surface area contributed by atoms with Crippen LogP contribution in [0.25, 0.3) is 0 Å². The fourth-order valence-electron chi connectivity index (χ4n) is 2.59. The van der Waals surface area contributed by atoms with E-state index in [9.17, 15) is 15.0 Å². The topological polar surface area (TPSA) is 81.9 Å². The summed E-state index contributed by atoms with van der Waals surface area (Å²) in [5.74, 6) is -0.515. The third kappa shape index (κ3) is 3.63. The highest BCUT2D eigenvalue weighted by molar-refractivity contribution is 5.91. The Morgan fingerprint density at radius 2 is 1.35 bits per heavy atom. The number of benzene rings is 3. The molecular formula is C21H18N2O3. The molecule has 0 aliphatic carbocycles. The monoisotopic (exact) mass is 346 g/mol. The first-order chi connectivity index (χ1) is 12.6. The van der Waals surface area contributed by atoms with Gasteiger partial charge in [-0.25, -0.2) is 5.43 Å². The second kappa shape index (κ2) is 7.63. The van der Waals surface area contributed by atoms with E-state index in [2.05, 4.69) is 10.5 Å². The molecule has 130 valence electrons. The second-order valence-electron chi connectivity index (χ2n) is 5.73. The minimum Gasteiger partial charge on any atom is -0.508 e. The third-order valence-electron chi connectivity index (χ3n) is 3.98. The molecule has 3 aromatic carbocycles. The number of carbonyl (C=O) groups is 1. The smallest absolute Gasteiger partial charge is 0.281 e. The minimum atomic E-state index is -1.87. The number of nitrogens with one attached hydrogen (secondary N) is 1. The number of hydrogen-bond acceptors (Lipinski definition) is 4. The van der Waals surface area contributed by atoms with Crippen LogP contribution in [0.4, 0.5) is 0 Å². The summed E-state index contributed by atoms with van der Waals surface area (Å²) in [6, 6.07) is 23.8. The molecule has 0 bridgehead atoms. The highest BCUT2D eigenvalue weighted by Crippen LogP contribution is 2.29. The van der Waals surface area contributed by atoms with Crippen molar-refractivity contribution in [3.05, 3.63) is 102 Å². The molecule has 0 radical (unpaired) electrons. The molecule has 3 rings (SSSR count). The van der Waals surface area contributed by atoms with Crippen LogP contribution in [0.1, 0.15) is 16.7 Å². The summed E-state index contributed by atoms with van der Waals surface area (Å²) in [6.07, 6.45) is 1.44. The zero-order valence-corrected chi connectivity index (χ0v) is 13.9. The predicted molar refractivity (Wildman–Crippen MR) is 99.7 cm³/mol. The summed E-state index contributed by atoms with van der Waals surface area (Å²) in [5, 5.41) is 24.4. The maximum absolute atomic E-state index is 12.8. The van der Waals surface area contributed by atoms with E-state index in [4.69, 9.17) is 0 Å². The van der Waals surface area contributed by atoms with E-state index in [1.54, 1.807) is 60.7 Å². The first-order valence-corrected chi connectivity index (χ1v) is 8.06. The van der Waals surface area contributed by atoms with E-state index in [-0.39, 0.29) is 5.75 Å². The Morgan fingerprint density at radius 1 is 0.846 bits per heavy atom. The van der Waals surface area contributed by atoms with Gasteiger partial charge < -0.3 is 10.2 Å². The van der Waals surface area contributed by atoms with Crippen LogP contribution < -0.4 is 5.43 Å². The average molecular weight is 346 g/mol. The van der Waals surface area contributed by atoms with Crippen LogP contribution in [0, 0.1) is 0 Å². The zero-order chi connectivity index (χ0) is 18.4. The number of aromatic hydroxyl groups is 1. The summed E-state index contributed by atoms with van der Waals surface area (Å²) < 4.78 is 0. The standard InChI is InChI=1S/C21H18N2O3/c24-19-13-11-16(12-14-19)15-22-23-20(25)21(26,17-7-3-1-4-8-17)18-9-5-2-6-10-18/h1-15,24,26H,(H,23,25)/b22-15-. The molecule has 0 saturated carbocycles. The van der Waals surface area contributed by atoms with E-state index in [0.29, 0.717) is 16.7 Å². The first-order valence-electron chi connectivity index (χ1n) is 8.06. The molecule has 0 unspecified atom stereocenters. The van der Waals surface area contributed by atoms with E-state index in [0.717, 1.165) is 0 Å². The Balaban J connectivity index is 1.87. The highest BCUT2D eigenvalue weighted by atomic mass is 16.3. The van der Waals surface area contributed by atoms with Gasteiger partial charge in [0.1, 0.15) is 5.75 Å². The predicted octanol–water partition coefficient (Wildman–Crippen LogP) is 2.78. The van der Waals surface area contributed by atoms with Gasteiger partial charge in [0.05, 0.1) is 6.21 Å². The zero-order valence-electron chi connectivity index (χ0n) is 13.9. The second-order valence-corrected chi connectivity index (χ2v) is 5.73. The average Bonchev–Trinajstić information content (AvgIpc) is 2.70. The maximum atomic E-state index is 12.8. The van der Waals surface area contributed by atoms with Gasteiger partial charge in [-0.15, -0.1) is 0 Å². The first kappa shape index (κ1) is 17.4. The number of phenolic OH excluding ortho intramolecular Hbond substituents is 1. The summed E-state index contributed by atoms with van der Waals surface area (Å²) in [5.41, 5.74) is 2.13. The van der Waals surface area contributed by atoms with Crippen molar-refractivity contribution in [1.82, 2.24) is 5.43 Å². The number of carbonyl (C=O) groups excluding carboxylic acids is 1. The molecule has 26 heavy (non-hydrogen) atoms. The van der Waals surface area contributed by atoms with Crippen LogP contribution in [0.2, 0.25) is 0 Å². The van der Waals surface area contributed by atoms with Crippen molar-refractivity contribution in [2.24, 2.45) is 5.10 Å². The van der Waals surface area contributed by atoms with Gasteiger partial charge >= 0.3 is 0 Å². The highest BCUT2D eigenvalue weighted by Gasteiger charge is 2.39. The van der Waals surface area contributed by atoms with Crippen LogP contribution in [0.3, 0.4) is 0 Å². The molecule has 5 nitrogen and oxygen atoms in total. The van der Waals surface area contributed by atoms with Crippen molar-refractivity contribution >= 4 is 12.1 Å². The number of aliphatic hydroxyl groups is 1. The Morgan fingerprint density at radius 3 is 1.85 bits per heavy atom. The van der Waals surface area contributed by atoms with E-state index in [1.807, 2.05) is 12.1 Å². The van der Waals surface area contributed by atoms with Crippen LogP contribution in [-0.2, 0) is 10.4 Å². The number of phenols is 1. The van der Waals surface area contributed by atoms with Crippen molar-refractivity contribution in [3.63, 3.8) is 0 Å². The summed E-state index contributed by atoms with van der Waals surface area (Å²) >= 11 is 0. The number of nitrogens with zero attached hydrogens (tertiary/aromatic N) is 1. The lowest BCUT2D eigenvalue weighted by atomic mass is 9.85. The molecule has 0 atom stereocenters.